The second-order valence-corrected chi connectivity index (χ2v) is 5.54. The number of aromatic nitrogens is 2. The van der Waals surface area contributed by atoms with Gasteiger partial charge in [0.25, 0.3) is 5.91 Å². The third-order valence-corrected chi connectivity index (χ3v) is 3.95. The number of carbonyl (C=O) groups excluding carboxylic acids is 2. The standard InChI is InChI=1S/C16H16N6O2/c1-10-14(15(18)23)13-9-21(6-7-22(13)20-10)16(24)19-12-4-2-11(8-17)3-5-12/h2-5H,6-7,9H2,1H3,(H2,18,23)(H,19,24). The summed E-state index contributed by atoms with van der Waals surface area (Å²) in [6, 6.07) is 8.36. The number of amides is 3. The molecule has 24 heavy (non-hydrogen) atoms. The summed E-state index contributed by atoms with van der Waals surface area (Å²) < 4.78 is 1.72. The molecule has 0 atom stereocenters. The van der Waals surface area contributed by atoms with E-state index in [9.17, 15) is 9.59 Å². The molecule has 0 fully saturated rings. The van der Waals surface area contributed by atoms with Gasteiger partial charge < -0.3 is 16.0 Å². The Hall–Kier alpha value is -3.34. The van der Waals surface area contributed by atoms with Crippen LogP contribution in [0.25, 0.3) is 0 Å². The Kier molecular flexibility index (Phi) is 3.92. The van der Waals surface area contributed by atoms with E-state index in [1.807, 2.05) is 6.07 Å². The zero-order valence-electron chi connectivity index (χ0n) is 13.1. The predicted octanol–water partition coefficient (Wildman–Crippen LogP) is 1.21. The van der Waals surface area contributed by atoms with Crippen LogP contribution in [0.15, 0.2) is 24.3 Å². The first-order valence-electron chi connectivity index (χ1n) is 7.41. The lowest BCUT2D eigenvalue weighted by molar-refractivity contribution is 0.0996. The van der Waals surface area contributed by atoms with Crippen molar-refractivity contribution in [1.29, 1.82) is 5.26 Å². The highest BCUT2D eigenvalue weighted by Gasteiger charge is 2.27. The van der Waals surface area contributed by atoms with Crippen LogP contribution in [0, 0.1) is 18.3 Å². The Morgan fingerprint density at radius 1 is 1.29 bits per heavy atom. The van der Waals surface area contributed by atoms with Crippen LogP contribution >= 0.6 is 0 Å². The monoisotopic (exact) mass is 324 g/mol. The third kappa shape index (κ3) is 2.79. The summed E-state index contributed by atoms with van der Waals surface area (Å²) in [6.45, 7) is 2.98. The maximum Gasteiger partial charge on any atom is 0.322 e. The number of hydrogen-bond acceptors (Lipinski definition) is 4. The van der Waals surface area contributed by atoms with Crippen molar-refractivity contribution in [2.24, 2.45) is 5.73 Å². The Balaban J connectivity index is 1.76. The summed E-state index contributed by atoms with van der Waals surface area (Å²) in [5.74, 6) is -0.539. The molecule has 2 heterocycles. The Bertz CT molecular complexity index is 847. The summed E-state index contributed by atoms with van der Waals surface area (Å²) in [7, 11) is 0. The molecule has 0 spiro atoms. The third-order valence-electron chi connectivity index (χ3n) is 3.95. The van der Waals surface area contributed by atoms with Crippen molar-refractivity contribution in [1.82, 2.24) is 14.7 Å². The number of fused-ring (bicyclic) bond motifs is 1. The number of nitrogens with one attached hydrogen (secondary N) is 1. The van der Waals surface area contributed by atoms with E-state index in [1.54, 1.807) is 40.8 Å². The van der Waals surface area contributed by atoms with E-state index < -0.39 is 5.91 Å². The van der Waals surface area contributed by atoms with Crippen LogP contribution in [0.4, 0.5) is 10.5 Å². The molecular weight excluding hydrogens is 308 g/mol. The first-order chi connectivity index (χ1) is 11.5. The van der Waals surface area contributed by atoms with E-state index in [0.29, 0.717) is 41.3 Å². The molecule has 3 amide bonds. The normalized spacial score (nSPS) is 13.1. The number of nitrogens with two attached hydrogens (primary N) is 1. The molecular formula is C16H16N6O2. The molecule has 0 aliphatic carbocycles. The van der Waals surface area contributed by atoms with E-state index in [-0.39, 0.29) is 12.6 Å². The van der Waals surface area contributed by atoms with Crippen molar-refractivity contribution in [2.75, 3.05) is 11.9 Å². The number of carbonyl (C=O) groups is 2. The predicted molar refractivity (Wildman–Crippen MR) is 86.1 cm³/mol. The summed E-state index contributed by atoms with van der Waals surface area (Å²) in [5.41, 5.74) is 8.15. The number of nitriles is 1. The molecule has 0 bridgehead atoms. The number of anilines is 1. The lowest BCUT2D eigenvalue weighted by Gasteiger charge is -2.28. The van der Waals surface area contributed by atoms with Crippen LogP contribution in [0.2, 0.25) is 0 Å². The smallest absolute Gasteiger partial charge is 0.322 e. The number of benzene rings is 1. The summed E-state index contributed by atoms with van der Waals surface area (Å²) in [4.78, 5) is 25.6. The highest BCUT2D eigenvalue weighted by Crippen LogP contribution is 2.20. The molecule has 122 valence electrons. The van der Waals surface area contributed by atoms with Gasteiger partial charge in [-0.25, -0.2) is 4.79 Å². The summed E-state index contributed by atoms with van der Waals surface area (Å²) >= 11 is 0. The molecule has 1 aliphatic heterocycles. The zero-order valence-corrected chi connectivity index (χ0v) is 13.1. The van der Waals surface area contributed by atoms with Gasteiger partial charge in [-0.15, -0.1) is 0 Å². The minimum Gasteiger partial charge on any atom is -0.365 e. The van der Waals surface area contributed by atoms with Crippen molar-refractivity contribution in [3.63, 3.8) is 0 Å². The van der Waals surface area contributed by atoms with Crippen molar-refractivity contribution in [3.8, 4) is 6.07 Å². The van der Waals surface area contributed by atoms with Gasteiger partial charge in [0.15, 0.2) is 0 Å². The average molecular weight is 324 g/mol. The first kappa shape index (κ1) is 15.6. The van der Waals surface area contributed by atoms with E-state index in [1.165, 1.54) is 0 Å². The Morgan fingerprint density at radius 3 is 2.62 bits per heavy atom. The van der Waals surface area contributed by atoms with Gasteiger partial charge in [0.2, 0.25) is 0 Å². The van der Waals surface area contributed by atoms with Crippen molar-refractivity contribution in [2.45, 2.75) is 20.0 Å². The molecule has 0 saturated carbocycles. The highest BCUT2D eigenvalue weighted by atomic mass is 16.2. The maximum atomic E-state index is 12.4. The van der Waals surface area contributed by atoms with Crippen molar-refractivity contribution >= 4 is 17.6 Å². The number of aryl methyl sites for hydroxylation is 1. The summed E-state index contributed by atoms with van der Waals surface area (Å²) in [5, 5.41) is 15.9. The van der Waals surface area contributed by atoms with Gasteiger partial charge in [-0.1, -0.05) is 0 Å². The van der Waals surface area contributed by atoms with Crippen LogP contribution in [0.1, 0.15) is 27.3 Å². The SMILES string of the molecule is Cc1nn2c(c1C(N)=O)CN(C(=O)Nc1ccc(C#N)cc1)CC2. The average Bonchev–Trinajstić information content (AvgIpc) is 2.90. The van der Waals surface area contributed by atoms with E-state index in [0.717, 1.165) is 0 Å². The van der Waals surface area contributed by atoms with Crippen molar-refractivity contribution in [3.05, 3.63) is 46.8 Å². The van der Waals surface area contributed by atoms with Crippen LogP contribution in [0.3, 0.4) is 0 Å². The van der Waals surface area contributed by atoms with Gasteiger partial charge >= 0.3 is 6.03 Å². The molecule has 1 aromatic heterocycles. The maximum absolute atomic E-state index is 12.4. The fourth-order valence-corrected chi connectivity index (χ4v) is 2.77. The fourth-order valence-electron chi connectivity index (χ4n) is 2.77. The fraction of sp³-hybridized carbons (Fsp3) is 0.250. The van der Waals surface area contributed by atoms with Gasteiger partial charge in [0, 0.05) is 12.2 Å². The van der Waals surface area contributed by atoms with Crippen LogP contribution in [0.5, 0.6) is 0 Å². The first-order valence-corrected chi connectivity index (χ1v) is 7.41. The van der Waals surface area contributed by atoms with E-state index >= 15 is 0 Å². The van der Waals surface area contributed by atoms with Crippen LogP contribution in [-0.2, 0) is 13.1 Å². The molecule has 8 nitrogen and oxygen atoms in total. The van der Waals surface area contributed by atoms with Crippen molar-refractivity contribution < 1.29 is 9.59 Å². The largest absolute Gasteiger partial charge is 0.365 e. The van der Waals surface area contributed by atoms with E-state index in [4.69, 9.17) is 11.0 Å². The molecule has 8 heteroatoms. The summed E-state index contributed by atoms with van der Waals surface area (Å²) in [6.07, 6.45) is 0. The van der Waals surface area contributed by atoms with Crippen LogP contribution < -0.4 is 11.1 Å². The topological polar surface area (TPSA) is 117 Å². The number of rotatable bonds is 2. The second kappa shape index (κ2) is 6.04. The second-order valence-electron chi connectivity index (χ2n) is 5.54. The lowest BCUT2D eigenvalue weighted by atomic mass is 10.1. The van der Waals surface area contributed by atoms with Gasteiger partial charge in [-0.2, -0.15) is 10.4 Å². The molecule has 0 unspecified atom stereocenters. The molecule has 2 aromatic rings. The molecule has 3 N–H and O–H groups in total. The number of urea groups is 1. The number of primary amides is 1. The van der Waals surface area contributed by atoms with Gasteiger partial charge in [0.05, 0.1) is 41.7 Å². The van der Waals surface area contributed by atoms with Gasteiger partial charge in [-0.05, 0) is 31.2 Å². The molecule has 1 aromatic carbocycles. The molecule has 1 aliphatic rings. The minimum atomic E-state index is -0.539. The Labute approximate surface area is 138 Å². The lowest BCUT2D eigenvalue weighted by Crippen LogP contribution is -2.41. The molecule has 0 radical (unpaired) electrons. The highest BCUT2D eigenvalue weighted by molar-refractivity contribution is 5.95. The number of nitrogens with zero attached hydrogens (tertiary/aromatic N) is 4. The molecule has 3 rings (SSSR count). The van der Waals surface area contributed by atoms with E-state index in [2.05, 4.69) is 10.4 Å². The minimum absolute atomic E-state index is 0.265. The number of hydrogen-bond donors (Lipinski definition) is 2. The van der Waals surface area contributed by atoms with Gasteiger partial charge in [-0.3, -0.25) is 9.48 Å². The quantitative estimate of drug-likeness (QED) is 0.863. The Morgan fingerprint density at radius 2 is 2.00 bits per heavy atom. The molecule has 0 saturated heterocycles. The zero-order chi connectivity index (χ0) is 17.3. The van der Waals surface area contributed by atoms with Gasteiger partial charge in [0.1, 0.15) is 0 Å². The van der Waals surface area contributed by atoms with Crippen LogP contribution in [-0.4, -0.2) is 33.2 Å².